The van der Waals surface area contributed by atoms with Crippen LogP contribution >= 0.6 is 0 Å². The predicted molar refractivity (Wildman–Crippen MR) is 105 cm³/mol. The van der Waals surface area contributed by atoms with E-state index >= 15 is 0 Å². The van der Waals surface area contributed by atoms with E-state index in [1.165, 1.54) is 0 Å². The van der Waals surface area contributed by atoms with Gasteiger partial charge in [-0.25, -0.2) is 9.78 Å². The van der Waals surface area contributed by atoms with Crippen LogP contribution in [-0.4, -0.2) is 40.1 Å². The number of aromatic nitrogens is 1. The summed E-state index contributed by atoms with van der Waals surface area (Å²) in [4.78, 5) is 33.4. The molecular formula is C21H31N3O3. The molecule has 0 spiro atoms. The molecule has 2 amide bonds. The van der Waals surface area contributed by atoms with E-state index in [0.29, 0.717) is 5.82 Å². The Morgan fingerprint density at radius 2 is 1.89 bits per heavy atom. The molecule has 1 atom stereocenters. The van der Waals surface area contributed by atoms with Gasteiger partial charge in [-0.05, 0) is 52.5 Å². The van der Waals surface area contributed by atoms with E-state index < -0.39 is 5.60 Å². The van der Waals surface area contributed by atoms with Crippen molar-refractivity contribution < 1.29 is 14.3 Å². The maximum atomic E-state index is 13.1. The number of ether oxygens (including phenoxy) is 1. The average molecular weight is 373 g/mol. The number of pyridine rings is 1. The second-order valence-corrected chi connectivity index (χ2v) is 8.58. The first kappa shape index (κ1) is 19.6. The minimum Gasteiger partial charge on any atom is -0.443 e. The van der Waals surface area contributed by atoms with Crippen molar-refractivity contribution in [3.05, 3.63) is 23.9 Å². The Morgan fingerprint density at radius 1 is 1.19 bits per heavy atom. The van der Waals surface area contributed by atoms with Gasteiger partial charge in [0.2, 0.25) is 5.91 Å². The summed E-state index contributed by atoms with van der Waals surface area (Å²) in [5.41, 5.74) is 0.379. The maximum absolute atomic E-state index is 13.1. The molecule has 6 heteroatoms. The van der Waals surface area contributed by atoms with Gasteiger partial charge in [0.25, 0.3) is 0 Å². The number of carbonyl (C=O) groups excluding carboxylic acids is 2. The highest BCUT2D eigenvalue weighted by atomic mass is 16.6. The number of amides is 2. The highest BCUT2D eigenvalue weighted by Gasteiger charge is 2.37. The molecule has 1 aliphatic heterocycles. The zero-order valence-corrected chi connectivity index (χ0v) is 16.9. The quantitative estimate of drug-likeness (QED) is 0.785. The number of likely N-dealkylation sites (tertiary alicyclic amines) is 1. The molecule has 6 nitrogen and oxygen atoms in total. The van der Waals surface area contributed by atoms with Gasteiger partial charge in [-0.15, -0.1) is 0 Å². The van der Waals surface area contributed by atoms with Crippen LogP contribution in [0.15, 0.2) is 18.3 Å². The van der Waals surface area contributed by atoms with Crippen molar-refractivity contribution >= 4 is 17.8 Å². The topological polar surface area (TPSA) is 62.7 Å². The molecule has 1 unspecified atom stereocenters. The van der Waals surface area contributed by atoms with Crippen molar-refractivity contribution in [2.45, 2.75) is 83.9 Å². The zero-order chi connectivity index (χ0) is 19.6. The number of hydrogen-bond acceptors (Lipinski definition) is 4. The van der Waals surface area contributed by atoms with Crippen LogP contribution < -0.4 is 4.90 Å². The zero-order valence-electron chi connectivity index (χ0n) is 16.9. The Labute approximate surface area is 161 Å². The summed E-state index contributed by atoms with van der Waals surface area (Å²) < 4.78 is 5.73. The second kappa shape index (κ2) is 7.87. The van der Waals surface area contributed by atoms with E-state index in [-0.39, 0.29) is 24.1 Å². The molecule has 0 bridgehead atoms. The monoisotopic (exact) mass is 373 g/mol. The summed E-state index contributed by atoms with van der Waals surface area (Å²) in [5, 5.41) is 0. The maximum Gasteiger partial charge on any atom is 0.416 e. The van der Waals surface area contributed by atoms with Crippen LogP contribution in [0, 0.1) is 0 Å². The van der Waals surface area contributed by atoms with Gasteiger partial charge in [0.1, 0.15) is 11.4 Å². The van der Waals surface area contributed by atoms with E-state index in [0.717, 1.165) is 50.6 Å². The van der Waals surface area contributed by atoms with E-state index in [1.807, 2.05) is 37.8 Å². The predicted octanol–water partition coefficient (Wildman–Crippen LogP) is 4.45. The molecule has 1 saturated carbocycles. The van der Waals surface area contributed by atoms with Crippen LogP contribution in [0.1, 0.15) is 77.8 Å². The lowest BCUT2D eigenvalue weighted by molar-refractivity contribution is -0.129. The summed E-state index contributed by atoms with van der Waals surface area (Å²) in [6.07, 6.45) is 7.36. The van der Waals surface area contributed by atoms with Gasteiger partial charge in [-0.2, -0.15) is 0 Å². The van der Waals surface area contributed by atoms with Crippen molar-refractivity contribution in [2.75, 3.05) is 11.4 Å². The molecule has 0 N–H and O–H groups in total. The Bertz CT molecular complexity index is 692. The molecule has 0 radical (unpaired) electrons. The fraction of sp³-hybridized carbons (Fsp3) is 0.667. The Hall–Kier alpha value is -2.11. The van der Waals surface area contributed by atoms with Crippen molar-refractivity contribution in [1.82, 2.24) is 9.88 Å². The lowest BCUT2D eigenvalue weighted by Gasteiger charge is -2.34. The minimum absolute atomic E-state index is 0.0301. The van der Waals surface area contributed by atoms with Crippen molar-refractivity contribution in [3.8, 4) is 0 Å². The molecule has 27 heavy (non-hydrogen) atoms. The van der Waals surface area contributed by atoms with Crippen molar-refractivity contribution in [2.24, 2.45) is 0 Å². The van der Waals surface area contributed by atoms with Crippen LogP contribution in [0.2, 0.25) is 0 Å². The number of anilines is 1. The largest absolute Gasteiger partial charge is 0.443 e. The SMILES string of the molecule is CC(=O)N1CCCC1c1cccnc1N(C(=O)OC(C)(C)C)C1CCCC1. The first-order chi connectivity index (χ1) is 12.8. The molecule has 1 saturated heterocycles. The van der Waals surface area contributed by atoms with E-state index in [2.05, 4.69) is 4.98 Å². The highest BCUT2D eigenvalue weighted by Crippen LogP contribution is 2.39. The third-order valence-corrected chi connectivity index (χ3v) is 5.34. The second-order valence-electron chi connectivity index (χ2n) is 8.58. The van der Waals surface area contributed by atoms with Gasteiger partial charge < -0.3 is 9.64 Å². The standard InChI is InChI=1S/C21H31N3O3/c1-15(25)23-14-8-12-18(23)17-11-7-13-22-19(17)24(16-9-5-6-10-16)20(26)27-21(2,3)4/h7,11,13,16,18H,5-6,8-10,12,14H2,1-4H3. The van der Waals surface area contributed by atoms with Gasteiger partial charge in [0.05, 0.1) is 6.04 Å². The van der Waals surface area contributed by atoms with Crippen LogP contribution in [-0.2, 0) is 9.53 Å². The van der Waals surface area contributed by atoms with Crippen LogP contribution in [0.25, 0.3) is 0 Å². The molecule has 2 heterocycles. The molecule has 1 aromatic rings. The smallest absolute Gasteiger partial charge is 0.416 e. The number of nitrogens with zero attached hydrogens (tertiary/aromatic N) is 3. The van der Waals surface area contributed by atoms with Gasteiger partial charge >= 0.3 is 6.09 Å². The fourth-order valence-electron chi connectivity index (χ4n) is 4.22. The highest BCUT2D eigenvalue weighted by molar-refractivity contribution is 5.88. The third kappa shape index (κ3) is 4.42. The minimum atomic E-state index is -0.568. The Kier molecular flexibility index (Phi) is 5.72. The summed E-state index contributed by atoms with van der Waals surface area (Å²) >= 11 is 0. The number of carbonyl (C=O) groups is 2. The molecule has 2 fully saturated rings. The fourth-order valence-corrected chi connectivity index (χ4v) is 4.22. The van der Waals surface area contributed by atoms with Crippen molar-refractivity contribution in [3.63, 3.8) is 0 Å². The van der Waals surface area contributed by atoms with Gasteiger partial charge in [0, 0.05) is 31.3 Å². The molecule has 1 aliphatic carbocycles. The van der Waals surface area contributed by atoms with Crippen LogP contribution in [0.4, 0.5) is 10.6 Å². The summed E-state index contributed by atoms with van der Waals surface area (Å²) in [6, 6.07) is 3.95. The number of rotatable bonds is 3. The Morgan fingerprint density at radius 3 is 2.52 bits per heavy atom. The summed E-state index contributed by atoms with van der Waals surface area (Å²) in [5.74, 6) is 0.716. The van der Waals surface area contributed by atoms with E-state index in [1.54, 1.807) is 18.0 Å². The molecule has 1 aromatic heterocycles. The van der Waals surface area contributed by atoms with Crippen molar-refractivity contribution in [1.29, 1.82) is 0 Å². The van der Waals surface area contributed by atoms with Gasteiger partial charge in [-0.3, -0.25) is 9.69 Å². The van der Waals surface area contributed by atoms with Gasteiger partial charge in [-0.1, -0.05) is 18.9 Å². The molecule has 0 aromatic carbocycles. The molecule has 2 aliphatic rings. The first-order valence-corrected chi connectivity index (χ1v) is 10.0. The Balaban J connectivity index is 2.00. The summed E-state index contributed by atoms with van der Waals surface area (Å²) in [6.45, 7) is 8.00. The van der Waals surface area contributed by atoms with Crippen LogP contribution in [0.5, 0.6) is 0 Å². The first-order valence-electron chi connectivity index (χ1n) is 10.0. The van der Waals surface area contributed by atoms with E-state index in [9.17, 15) is 9.59 Å². The van der Waals surface area contributed by atoms with E-state index in [4.69, 9.17) is 4.74 Å². The van der Waals surface area contributed by atoms with Crippen LogP contribution in [0.3, 0.4) is 0 Å². The lowest BCUT2D eigenvalue weighted by atomic mass is 10.0. The molecule has 148 valence electrons. The summed E-state index contributed by atoms with van der Waals surface area (Å²) in [7, 11) is 0. The third-order valence-electron chi connectivity index (χ3n) is 5.34. The molecule has 3 rings (SSSR count). The molecular weight excluding hydrogens is 342 g/mol. The normalized spacial score (nSPS) is 20.7. The lowest BCUT2D eigenvalue weighted by Crippen LogP contribution is -2.44. The number of hydrogen-bond donors (Lipinski definition) is 0. The average Bonchev–Trinajstić information content (AvgIpc) is 3.25. The van der Waals surface area contributed by atoms with Gasteiger partial charge in [0.15, 0.2) is 0 Å².